The SMILES string of the molecule is Cc1ccc(S(=O)(=O)Nc2cc3ccccc3cc2C(=O)O)cc1. The molecule has 6 heteroatoms. The standard InChI is InChI=1S/C18H15NO4S/c1-12-6-8-15(9-7-12)24(22,23)19-17-11-14-5-3-2-4-13(14)10-16(17)18(20)21/h2-11,19H,1H3,(H,20,21). The Morgan fingerprint density at radius 1 is 0.958 bits per heavy atom. The highest BCUT2D eigenvalue weighted by Gasteiger charge is 2.19. The summed E-state index contributed by atoms with van der Waals surface area (Å²) in [6.07, 6.45) is 0. The van der Waals surface area contributed by atoms with Crippen LogP contribution >= 0.6 is 0 Å². The molecule has 0 aliphatic carbocycles. The van der Waals surface area contributed by atoms with Gasteiger partial charge in [0.05, 0.1) is 16.1 Å². The van der Waals surface area contributed by atoms with Crippen LogP contribution in [0.15, 0.2) is 65.6 Å². The minimum Gasteiger partial charge on any atom is -0.478 e. The van der Waals surface area contributed by atoms with Crippen LogP contribution < -0.4 is 4.72 Å². The first-order valence-corrected chi connectivity index (χ1v) is 8.71. The van der Waals surface area contributed by atoms with Gasteiger partial charge in [-0.1, -0.05) is 42.0 Å². The first-order valence-electron chi connectivity index (χ1n) is 7.22. The molecule has 0 unspecified atom stereocenters. The Balaban J connectivity index is 2.09. The average Bonchev–Trinajstić information content (AvgIpc) is 2.54. The van der Waals surface area contributed by atoms with Crippen LogP contribution in [0.3, 0.4) is 0 Å². The number of nitrogens with one attached hydrogen (secondary N) is 1. The summed E-state index contributed by atoms with van der Waals surface area (Å²) in [5, 5.41) is 10.9. The zero-order valence-electron chi connectivity index (χ0n) is 12.9. The van der Waals surface area contributed by atoms with E-state index in [1.165, 1.54) is 24.3 Å². The van der Waals surface area contributed by atoms with E-state index in [2.05, 4.69) is 4.72 Å². The number of rotatable bonds is 4. The van der Waals surface area contributed by atoms with Crippen LogP contribution in [0.5, 0.6) is 0 Å². The van der Waals surface area contributed by atoms with E-state index in [1.54, 1.807) is 36.4 Å². The lowest BCUT2D eigenvalue weighted by Crippen LogP contribution is -2.15. The molecule has 0 saturated carbocycles. The third kappa shape index (κ3) is 3.09. The molecule has 0 atom stereocenters. The molecule has 2 N–H and O–H groups in total. The van der Waals surface area contributed by atoms with Gasteiger partial charge in [0.2, 0.25) is 0 Å². The molecular formula is C18H15NO4S. The lowest BCUT2D eigenvalue weighted by molar-refractivity contribution is 0.0698. The zero-order valence-corrected chi connectivity index (χ0v) is 13.7. The molecule has 0 amide bonds. The Morgan fingerprint density at radius 3 is 2.12 bits per heavy atom. The number of anilines is 1. The maximum absolute atomic E-state index is 12.5. The fourth-order valence-electron chi connectivity index (χ4n) is 2.42. The van der Waals surface area contributed by atoms with Crippen molar-refractivity contribution in [1.82, 2.24) is 0 Å². The normalized spacial score (nSPS) is 11.4. The topological polar surface area (TPSA) is 83.5 Å². The molecule has 0 aliphatic rings. The Labute approximate surface area is 139 Å². The molecule has 122 valence electrons. The second-order valence-corrected chi connectivity index (χ2v) is 7.15. The molecule has 24 heavy (non-hydrogen) atoms. The van der Waals surface area contributed by atoms with Crippen molar-refractivity contribution in [3.63, 3.8) is 0 Å². The monoisotopic (exact) mass is 341 g/mol. The third-order valence-corrected chi connectivity index (χ3v) is 5.07. The second-order valence-electron chi connectivity index (χ2n) is 5.47. The lowest BCUT2D eigenvalue weighted by atomic mass is 10.1. The van der Waals surface area contributed by atoms with Crippen molar-refractivity contribution in [3.05, 3.63) is 71.8 Å². The molecule has 0 bridgehead atoms. The number of carboxylic acid groups (broad SMARTS) is 1. The van der Waals surface area contributed by atoms with Gasteiger partial charge in [0.1, 0.15) is 0 Å². The molecule has 0 heterocycles. The van der Waals surface area contributed by atoms with E-state index in [1.807, 2.05) is 6.92 Å². The van der Waals surface area contributed by atoms with Gasteiger partial charge in [0.15, 0.2) is 0 Å². The fourth-order valence-corrected chi connectivity index (χ4v) is 3.49. The Hall–Kier alpha value is -2.86. The van der Waals surface area contributed by atoms with Crippen LogP contribution in [0.4, 0.5) is 5.69 Å². The van der Waals surface area contributed by atoms with Gasteiger partial charge in [-0.25, -0.2) is 13.2 Å². The quantitative estimate of drug-likeness (QED) is 0.759. The number of benzene rings is 3. The van der Waals surface area contributed by atoms with Crippen molar-refractivity contribution < 1.29 is 18.3 Å². The smallest absolute Gasteiger partial charge is 0.337 e. The van der Waals surface area contributed by atoms with Gasteiger partial charge >= 0.3 is 5.97 Å². The number of sulfonamides is 1. The minimum absolute atomic E-state index is 0.0433. The number of carbonyl (C=O) groups is 1. The van der Waals surface area contributed by atoms with Crippen molar-refractivity contribution in [3.8, 4) is 0 Å². The largest absolute Gasteiger partial charge is 0.478 e. The van der Waals surface area contributed by atoms with Gasteiger partial charge in [-0.3, -0.25) is 4.72 Å². The molecule has 0 aliphatic heterocycles. The molecule has 3 aromatic carbocycles. The summed E-state index contributed by atoms with van der Waals surface area (Å²) in [4.78, 5) is 11.6. The predicted molar refractivity (Wildman–Crippen MR) is 92.9 cm³/mol. The van der Waals surface area contributed by atoms with Crippen molar-refractivity contribution in [1.29, 1.82) is 0 Å². The number of fused-ring (bicyclic) bond motifs is 1. The van der Waals surface area contributed by atoms with Crippen LogP contribution in [0, 0.1) is 6.92 Å². The zero-order chi connectivity index (χ0) is 17.3. The molecule has 3 rings (SSSR count). The number of carboxylic acids is 1. The molecule has 0 radical (unpaired) electrons. The van der Waals surface area contributed by atoms with Crippen molar-refractivity contribution in [2.75, 3.05) is 4.72 Å². The summed E-state index contributed by atoms with van der Waals surface area (Å²) >= 11 is 0. The van der Waals surface area contributed by atoms with Gasteiger partial charge in [-0.2, -0.15) is 0 Å². The molecule has 0 aromatic heterocycles. The highest BCUT2D eigenvalue weighted by molar-refractivity contribution is 7.92. The highest BCUT2D eigenvalue weighted by atomic mass is 32.2. The first kappa shape index (κ1) is 16.0. The van der Waals surface area contributed by atoms with Gasteiger partial charge < -0.3 is 5.11 Å². The van der Waals surface area contributed by atoms with E-state index in [9.17, 15) is 18.3 Å². The van der Waals surface area contributed by atoms with Crippen molar-refractivity contribution >= 4 is 32.5 Å². The Morgan fingerprint density at radius 2 is 1.54 bits per heavy atom. The summed E-state index contributed by atoms with van der Waals surface area (Å²) in [5.41, 5.74) is 0.886. The van der Waals surface area contributed by atoms with Crippen LogP contribution in [-0.2, 0) is 10.0 Å². The van der Waals surface area contributed by atoms with Gasteiger partial charge in [-0.05, 0) is 42.0 Å². The van der Waals surface area contributed by atoms with E-state index in [-0.39, 0.29) is 16.1 Å². The van der Waals surface area contributed by atoms with E-state index >= 15 is 0 Å². The number of aryl methyl sites for hydroxylation is 1. The molecular weight excluding hydrogens is 326 g/mol. The summed E-state index contributed by atoms with van der Waals surface area (Å²) < 4.78 is 27.4. The van der Waals surface area contributed by atoms with E-state index in [4.69, 9.17) is 0 Å². The first-order chi connectivity index (χ1) is 11.4. The number of hydrogen-bond acceptors (Lipinski definition) is 3. The van der Waals surface area contributed by atoms with E-state index < -0.39 is 16.0 Å². The summed E-state index contributed by atoms with van der Waals surface area (Å²) in [7, 11) is -3.87. The molecule has 5 nitrogen and oxygen atoms in total. The van der Waals surface area contributed by atoms with Crippen LogP contribution in [-0.4, -0.2) is 19.5 Å². The van der Waals surface area contributed by atoms with Crippen LogP contribution in [0.25, 0.3) is 10.8 Å². The minimum atomic E-state index is -3.87. The summed E-state index contributed by atoms with van der Waals surface area (Å²) in [6.45, 7) is 1.86. The van der Waals surface area contributed by atoms with Gasteiger partial charge in [0.25, 0.3) is 10.0 Å². The Bertz CT molecular complexity index is 1020. The predicted octanol–water partition coefficient (Wildman–Crippen LogP) is 3.65. The number of aromatic carboxylic acids is 1. The fraction of sp³-hybridized carbons (Fsp3) is 0.0556. The maximum atomic E-state index is 12.5. The maximum Gasteiger partial charge on any atom is 0.337 e. The van der Waals surface area contributed by atoms with Crippen LogP contribution in [0.2, 0.25) is 0 Å². The van der Waals surface area contributed by atoms with Gasteiger partial charge in [0, 0.05) is 0 Å². The lowest BCUT2D eigenvalue weighted by Gasteiger charge is -2.12. The molecule has 0 saturated heterocycles. The van der Waals surface area contributed by atoms with E-state index in [0.29, 0.717) is 0 Å². The third-order valence-electron chi connectivity index (χ3n) is 3.69. The van der Waals surface area contributed by atoms with E-state index in [0.717, 1.165) is 16.3 Å². The van der Waals surface area contributed by atoms with Gasteiger partial charge in [-0.15, -0.1) is 0 Å². The number of hydrogen-bond donors (Lipinski definition) is 2. The highest BCUT2D eigenvalue weighted by Crippen LogP contribution is 2.26. The molecule has 0 spiro atoms. The second kappa shape index (κ2) is 5.98. The molecule has 0 fully saturated rings. The summed E-state index contributed by atoms with van der Waals surface area (Å²) in [6, 6.07) is 16.5. The van der Waals surface area contributed by atoms with Crippen molar-refractivity contribution in [2.45, 2.75) is 11.8 Å². The Kier molecular flexibility index (Phi) is 3.99. The average molecular weight is 341 g/mol. The summed E-state index contributed by atoms with van der Waals surface area (Å²) in [5.74, 6) is -1.19. The van der Waals surface area contributed by atoms with Crippen LogP contribution in [0.1, 0.15) is 15.9 Å². The van der Waals surface area contributed by atoms with Crippen molar-refractivity contribution in [2.24, 2.45) is 0 Å². The molecule has 3 aromatic rings.